The summed E-state index contributed by atoms with van der Waals surface area (Å²) in [6.07, 6.45) is 1.79. The van der Waals surface area contributed by atoms with Crippen LogP contribution in [0.2, 0.25) is 5.15 Å². The van der Waals surface area contributed by atoms with Gasteiger partial charge in [-0.1, -0.05) is 41.9 Å². The number of fused-ring (bicyclic) bond motifs is 1. The summed E-state index contributed by atoms with van der Waals surface area (Å²) in [7, 11) is -3.53. The Morgan fingerprint density at radius 2 is 1.62 bits per heavy atom. The van der Waals surface area contributed by atoms with Crippen LogP contribution < -0.4 is 10.7 Å². The lowest BCUT2D eigenvalue weighted by Crippen LogP contribution is -2.21. The molecule has 0 atom stereocenters. The number of para-hydroxylation sites is 1. The van der Waals surface area contributed by atoms with Crippen molar-refractivity contribution >= 4 is 32.5 Å². The summed E-state index contributed by atoms with van der Waals surface area (Å²) in [5, 5.41) is 14.4. The molecular weight excluding hydrogens is 414 g/mol. The molecule has 2 N–H and O–H groups in total. The van der Waals surface area contributed by atoms with Crippen LogP contribution in [0.15, 0.2) is 65.6 Å². The molecule has 4 rings (SSSR count). The maximum absolute atomic E-state index is 12.9. The van der Waals surface area contributed by atoms with Crippen molar-refractivity contribution in [1.29, 1.82) is 0 Å². The first kappa shape index (κ1) is 19.3. The predicted octanol–water partition coefficient (Wildman–Crippen LogP) is 2.06. The molecular formula is C19H16ClN5O3S. The van der Waals surface area contributed by atoms with Crippen molar-refractivity contribution in [3.05, 3.63) is 81.9 Å². The summed E-state index contributed by atoms with van der Waals surface area (Å²) in [4.78, 5) is 12.9. The maximum atomic E-state index is 12.9. The normalized spacial score (nSPS) is 11.8. The molecule has 0 radical (unpaired) electrons. The molecule has 0 saturated carbocycles. The van der Waals surface area contributed by atoms with Crippen LogP contribution in [0.4, 0.5) is 0 Å². The number of sulfonamides is 1. The molecule has 0 aliphatic heterocycles. The van der Waals surface area contributed by atoms with Crippen LogP contribution in [0.25, 0.3) is 22.3 Å². The highest BCUT2D eigenvalue weighted by atomic mass is 35.5. The monoisotopic (exact) mass is 429 g/mol. The van der Waals surface area contributed by atoms with Gasteiger partial charge in [0, 0.05) is 0 Å². The van der Waals surface area contributed by atoms with Gasteiger partial charge < -0.3 is 0 Å². The van der Waals surface area contributed by atoms with Crippen LogP contribution in [-0.2, 0) is 16.4 Å². The van der Waals surface area contributed by atoms with E-state index in [1.165, 1.54) is 15.6 Å². The van der Waals surface area contributed by atoms with Crippen molar-refractivity contribution in [3.63, 3.8) is 0 Å². The second-order valence-electron chi connectivity index (χ2n) is 6.45. The Balaban J connectivity index is 1.72. The lowest BCUT2D eigenvalue weighted by atomic mass is 10.1. The molecule has 0 saturated heterocycles. The first-order chi connectivity index (χ1) is 13.8. The number of primary sulfonamides is 1. The van der Waals surface area contributed by atoms with Crippen molar-refractivity contribution in [3.8, 4) is 11.4 Å². The zero-order valence-corrected chi connectivity index (χ0v) is 16.6. The molecule has 2 heterocycles. The number of hydrogen-bond acceptors (Lipinski definition) is 5. The zero-order valence-electron chi connectivity index (χ0n) is 15.1. The molecule has 2 aromatic carbocycles. The van der Waals surface area contributed by atoms with Crippen LogP contribution >= 0.6 is 11.6 Å². The molecule has 29 heavy (non-hydrogen) atoms. The summed E-state index contributed by atoms with van der Waals surface area (Å²) in [6.45, 7) is 0. The topological polar surface area (TPSA) is 113 Å². The van der Waals surface area contributed by atoms with E-state index in [9.17, 15) is 13.2 Å². The summed E-state index contributed by atoms with van der Waals surface area (Å²) in [5.74, 6) is -0.147. The van der Waals surface area contributed by atoms with Gasteiger partial charge in [-0.05, 0) is 36.2 Å². The number of rotatable bonds is 5. The van der Waals surface area contributed by atoms with E-state index in [2.05, 4.69) is 10.2 Å². The van der Waals surface area contributed by atoms with E-state index in [4.69, 9.17) is 16.7 Å². The fourth-order valence-electron chi connectivity index (χ4n) is 2.94. The Bertz CT molecular complexity index is 1350. The fraction of sp³-hybridized carbons (Fsp3) is 0.105. The molecule has 0 fully saturated rings. The predicted molar refractivity (Wildman–Crippen MR) is 111 cm³/mol. The number of nitrogens with two attached hydrogens (primary N) is 1. The minimum Gasteiger partial charge on any atom is -0.265 e. The quantitative estimate of drug-likeness (QED) is 0.521. The lowest BCUT2D eigenvalue weighted by molar-refractivity contribution is 0.597. The number of aromatic nitrogens is 4. The Hall–Kier alpha value is -3.01. The minimum atomic E-state index is -3.53. The lowest BCUT2D eigenvalue weighted by Gasteiger charge is -2.05. The standard InChI is InChI=1S/C19H16ClN5O3S/c20-18-16-12-22-25(15-8-6-13(7-9-15)10-11-29(21,27)28)19(26)17(16)23-24(18)14-4-2-1-3-5-14/h1-9,12H,10-11H2,(H2,21,27,28). The van der Waals surface area contributed by atoms with E-state index in [-0.39, 0.29) is 17.7 Å². The van der Waals surface area contributed by atoms with Crippen molar-refractivity contribution in [2.45, 2.75) is 6.42 Å². The summed E-state index contributed by atoms with van der Waals surface area (Å²) < 4.78 is 24.9. The molecule has 8 nitrogen and oxygen atoms in total. The third kappa shape index (κ3) is 3.93. The summed E-state index contributed by atoms with van der Waals surface area (Å²) >= 11 is 6.41. The van der Waals surface area contributed by atoms with E-state index in [0.29, 0.717) is 16.2 Å². The van der Waals surface area contributed by atoms with Crippen molar-refractivity contribution < 1.29 is 8.42 Å². The first-order valence-corrected chi connectivity index (χ1v) is 10.7. The largest absolute Gasteiger partial charge is 0.299 e. The van der Waals surface area contributed by atoms with E-state index in [1.807, 2.05) is 30.3 Å². The van der Waals surface area contributed by atoms with Crippen molar-refractivity contribution in [1.82, 2.24) is 19.6 Å². The van der Waals surface area contributed by atoms with Crippen molar-refractivity contribution in [2.24, 2.45) is 5.14 Å². The van der Waals surface area contributed by atoms with Gasteiger partial charge in [-0.15, -0.1) is 0 Å². The number of benzene rings is 2. The smallest absolute Gasteiger partial charge is 0.265 e. The van der Waals surface area contributed by atoms with E-state index in [1.54, 1.807) is 24.3 Å². The maximum Gasteiger partial charge on any atom is 0.299 e. The van der Waals surface area contributed by atoms with E-state index >= 15 is 0 Å². The Morgan fingerprint density at radius 1 is 0.966 bits per heavy atom. The molecule has 4 aromatic rings. The third-order valence-electron chi connectivity index (χ3n) is 4.42. The van der Waals surface area contributed by atoms with Gasteiger partial charge in [0.2, 0.25) is 10.0 Å². The van der Waals surface area contributed by atoms with Crippen LogP contribution in [0.3, 0.4) is 0 Å². The van der Waals surface area contributed by atoms with Gasteiger partial charge in [-0.3, -0.25) is 4.79 Å². The highest BCUT2D eigenvalue weighted by molar-refractivity contribution is 7.89. The second-order valence-corrected chi connectivity index (χ2v) is 8.54. The van der Waals surface area contributed by atoms with Gasteiger partial charge >= 0.3 is 0 Å². The number of halogens is 1. The minimum absolute atomic E-state index is 0.147. The molecule has 0 aliphatic carbocycles. The number of hydrogen-bond donors (Lipinski definition) is 1. The molecule has 0 amide bonds. The average Bonchev–Trinajstić information content (AvgIpc) is 3.05. The molecule has 148 valence electrons. The fourth-order valence-corrected chi connectivity index (χ4v) is 3.73. The molecule has 0 aliphatic rings. The van der Waals surface area contributed by atoms with Gasteiger partial charge in [0.05, 0.1) is 28.7 Å². The van der Waals surface area contributed by atoms with Crippen LogP contribution in [-0.4, -0.2) is 33.7 Å². The summed E-state index contributed by atoms with van der Waals surface area (Å²) in [6, 6.07) is 16.1. The summed E-state index contributed by atoms with van der Waals surface area (Å²) in [5.41, 5.74) is 1.84. The van der Waals surface area contributed by atoms with E-state index < -0.39 is 15.6 Å². The first-order valence-electron chi connectivity index (χ1n) is 8.65. The van der Waals surface area contributed by atoms with Crippen LogP contribution in [0, 0.1) is 0 Å². The van der Waals surface area contributed by atoms with Gasteiger partial charge in [0.1, 0.15) is 5.15 Å². The van der Waals surface area contributed by atoms with Crippen LogP contribution in [0.1, 0.15) is 5.56 Å². The Morgan fingerprint density at radius 3 is 2.28 bits per heavy atom. The van der Waals surface area contributed by atoms with Gasteiger partial charge in [0.25, 0.3) is 5.56 Å². The van der Waals surface area contributed by atoms with Gasteiger partial charge in [-0.2, -0.15) is 14.9 Å². The van der Waals surface area contributed by atoms with Crippen molar-refractivity contribution in [2.75, 3.05) is 5.75 Å². The average molecular weight is 430 g/mol. The molecule has 0 spiro atoms. The van der Waals surface area contributed by atoms with Crippen LogP contribution in [0.5, 0.6) is 0 Å². The molecule has 0 unspecified atom stereocenters. The number of aryl methyl sites for hydroxylation is 1. The Kier molecular flexibility index (Phi) is 4.95. The Labute approximate surface area is 171 Å². The highest BCUT2D eigenvalue weighted by Crippen LogP contribution is 2.24. The van der Waals surface area contributed by atoms with E-state index in [0.717, 1.165) is 11.3 Å². The second kappa shape index (κ2) is 7.43. The molecule has 10 heteroatoms. The third-order valence-corrected chi connectivity index (χ3v) is 5.55. The van der Waals surface area contributed by atoms with Gasteiger partial charge in [-0.25, -0.2) is 18.2 Å². The highest BCUT2D eigenvalue weighted by Gasteiger charge is 2.16. The molecule has 0 bridgehead atoms. The zero-order chi connectivity index (χ0) is 20.6. The SMILES string of the molecule is NS(=O)(=O)CCc1ccc(-n2ncc3c(Cl)n(-c4ccccc4)nc3c2=O)cc1. The van der Waals surface area contributed by atoms with Gasteiger partial charge in [0.15, 0.2) is 5.52 Å². The molecule has 2 aromatic heterocycles. The number of nitrogens with zero attached hydrogens (tertiary/aromatic N) is 4.